The predicted octanol–water partition coefficient (Wildman–Crippen LogP) is 4.80. The van der Waals surface area contributed by atoms with Crippen LogP contribution in [0.1, 0.15) is 37.1 Å². The summed E-state index contributed by atoms with van der Waals surface area (Å²) in [4.78, 5) is 4.13. The number of aromatic nitrogens is 1. The highest BCUT2D eigenvalue weighted by atomic mass is 35.5. The van der Waals surface area contributed by atoms with E-state index >= 15 is 0 Å². The lowest BCUT2D eigenvalue weighted by molar-refractivity contribution is 0.494. The zero-order valence-electron chi connectivity index (χ0n) is 10.9. The Hall–Kier alpha value is -1.09. The van der Waals surface area contributed by atoms with Crippen molar-refractivity contribution in [3.8, 4) is 0 Å². The first-order valence-corrected chi connectivity index (χ1v) is 6.94. The van der Waals surface area contributed by atoms with Gasteiger partial charge in [-0.1, -0.05) is 35.3 Å². The minimum Gasteiger partial charge on any atom is -0.304 e. The third-order valence-electron chi connectivity index (χ3n) is 3.13. The summed E-state index contributed by atoms with van der Waals surface area (Å²) in [6.45, 7) is 4.22. The molecule has 2 rings (SSSR count). The Kier molecular flexibility index (Phi) is 4.81. The van der Waals surface area contributed by atoms with Crippen LogP contribution >= 0.6 is 23.2 Å². The van der Waals surface area contributed by atoms with E-state index in [1.165, 1.54) is 0 Å². The largest absolute Gasteiger partial charge is 0.304 e. The van der Waals surface area contributed by atoms with Gasteiger partial charge in [0.2, 0.25) is 0 Å². The second-order valence-corrected chi connectivity index (χ2v) is 5.38. The number of hydrogen-bond acceptors (Lipinski definition) is 2. The topological polar surface area (TPSA) is 24.9 Å². The number of nitrogens with zero attached hydrogens (tertiary/aromatic N) is 1. The highest BCUT2D eigenvalue weighted by Gasteiger charge is 2.12. The molecule has 0 saturated carbocycles. The van der Waals surface area contributed by atoms with Gasteiger partial charge < -0.3 is 5.32 Å². The number of halogens is 2. The fraction of sp³-hybridized carbons (Fsp3) is 0.267. The molecular weight excluding hydrogens is 279 g/mol. The molecule has 0 bridgehead atoms. The molecule has 0 amide bonds. The maximum Gasteiger partial charge on any atom is 0.0595 e. The molecule has 1 N–H and O–H groups in total. The van der Waals surface area contributed by atoms with Crippen molar-refractivity contribution < 1.29 is 0 Å². The minimum absolute atomic E-state index is 0.185. The fourth-order valence-corrected chi connectivity index (χ4v) is 2.29. The molecule has 2 nitrogen and oxygen atoms in total. The Morgan fingerprint density at radius 2 is 1.74 bits per heavy atom. The summed E-state index contributed by atoms with van der Waals surface area (Å²) in [5.41, 5.74) is 2.28. The zero-order chi connectivity index (χ0) is 13.8. The maximum absolute atomic E-state index is 6.04. The van der Waals surface area contributed by atoms with Crippen molar-refractivity contribution in [3.05, 3.63) is 63.9 Å². The first kappa shape index (κ1) is 14.3. The van der Waals surface area contributed by atoms with Crippen molar-refractivity contribution in [2.75, 3.05) is 0 Å². The van der Waals surface area contributed by atoms with Crippen LogP contribution in [0.15, 0.2) is 42.7 Å². The Morgan fingerprint density at radius 1 is 1.00 bits per heavy atom. The lowest BCUT2D eigenvalue weighted by Crippen LogP contribution is -2.22. The Morgan fingerprint density at radius 3 is 2.37 bits per heavy atom. The quantitative estimate of drug-likeness (QED) is 0.876. The normalized spacial score (nSPS) is 14.1. The molecule has 0 aliphatic heterocycles. The van der Waals surface area contributed by atoms with Crippen LogP contribution in [0.2, 0.25) is 10.0 Å². The molecule has 2 aromatic rings. The van der Waals surface area contributed by atoms with Crippen molar-refractivity contribution in [1.82, 2.24) is 10.3 Å². The van der Waals surface area contributed by atoms with Gasteiger partial charge in [0, 0.05) is 24.5 Å². The highest BCUT2D eigenvalue weighted by Crippen LogP contribution is 2.26. The third kappa shape index (κ3) is 3.69. The van der Waals surface area contributed by atoms with Gasteiger partial charge in [-0.3, -0.25) is 4.98 Å². The second-order valence-electron chi connectivity index (χ2n) is 4.57. The van der Waals surface area contributed by atoms with E-state index in [0.717, 1.165) is 11.1 Å². The van der Waals surface area contributed by atoms with E-state index in [2.05, 4.69) is 30.2 Å². The minimum atomic E-state index is 0.185. The van der Waals surface area contributed by atoms with Gasteiger partial charge in [0.05, 0.1) is 10.0 Å². The average Bonchev–Trinajstić information content (AvgIpc) is 2.42. The molecule has 0 aliphatic carbocycles. The zero-order valence-corrected chi connectivity index (χ0v) is 12.4. The molecule has 0 fully saturated rings. The second kappa shape index (κ2) is 6.38. The molecule has 0 spiro atoms. The molecule has 100 valence electrons. The Labute approximate surface area is 123 Å². The van der Waals surface area contributed by atoms with Crippen LogP contribution in [0.3, 0.4) is 0 Å². The summed E-state index contributed by atoms with van der Waals surface area (Å²) in [5.74, 6) is 0. The van der Waals surface area contributed by atoms with Gasteiger partial charge in [-0.25, -0.2) is 0 Å². The van der Waals surface area contributed by atoms with Crippen LogP contribution in [-0.4, -0.2) is 4.98 Å². The van der Waals surface area contributed by atoms with E-state index in [9.17, 15) is 0 Å². The van der Waals surface area contributed by atoms with Crippen LogP contribution in [0.4, 0.5) is 0 Å². The SMILES string of the molecule is CC(N[C@H](C)c1cccnc1)c1ccc(Cl)c(Cl)c1. The van der Waals surface area contributed by atoms with Gasteiger partial charge in [-0.2, -0.15) is 0 Å². The van der Waals surface area contributed by atoms with E-state index in [4.69, 9.17) is 23.2 Å². The lowest BCUT2D eigenvalue weighted by atomic mass is 10.1. The van der Waals surface area contributed by atoms with Crippen LogP contribution in [0.5, 0.6) is 0 Å². The molecule has 1 unspecified atom stereocenters. The number of pyridine rings is 1. The molecule has 4 heteroatoms. The Bertz CT molecular complexity index is 543. The number of hydrogen-bond donors (Lipinski definition) is 1. The van der Waals surface area contributed by atoms with Crippen molar-refractivity contribution in [1.29, 1.82) is 0 Å². The monoisotopic (exact) mass is 294 g/mol. The Balaban J connectivity index is 2.08. The fourth-order valence-electron chi connectivity index (χ4n) is 1.98. The maximum atomic E-state index is 6.04. The van der Waals surface area contributed by atoms with Crippen LogP contribution < -0.4 is 5.32 Å². The van der Waals surface area contributed by atoms with E-state index in [-0.39, 0.29) is 12.1 Å². The van der Waals surface area contributed by atoms with Crippen LogP contribution in [-0.2, 0) is 0 Å². The summed E-state index contributed by atoms with van der Waals surface area (Å²) >= 11 is 12.0. The molecule has 1 aromatic carbocycles. The van der Waals surface area contributed by atoms with E-state index in [1.54, 1.807) is 6.20 Å². The molecule has 19 heavy (non-hydrogen) atoms. The molecule has 1 aromatic heterocycles. The van der Waals surface area contributed by atoms with Gasteiger partial charge in [-0.15, -0.1) is 0 Å². The van der Waals surface area contributed by atoms with Crippen molar-refractivity contribution in [2.24, 2.45) is 0 Å². The molecule has 1 heterocycles. The lowest BCUT2D eigenvalue weighted by Gasteiger charge is -2.20. The molecule has 0 aliphatic rings. The summed E-state index contributed by atoms with van der Waals surface area (Å²) < 4.78 is 0. The van der Waals surface area contributed by atoms with E-state index in [1.807, 2.05) is 30.5 Å². The van der Waals surface area contributed by atoms with Crippen molar-refractivity contribution in [3.63, 3.8) is 0 Å². The smallest absolute Gasteiger partial charge is 0.0595 e. The standard InChI is InChI=1S/C15H16Cl2N2/c1-10(12-5-6-14(16)15(17)8-12)19-11(2)13-4-3-7-18-9-13/h3-11,19H,1-2H3/t10?,11-/m1/s1. The van der Waals surface area contributed by atoms with Crippen molar-refractivity contribution in [2.45, 2.75) is 25.9 Å². The number of nitrogens with one attached hydrogen (secondary N) is 1. The summed E-state index contributed by atoms with van der Waals surface area (Å²) in [5, 5.41) is 4.68. The van der Waals surface area contributed by atoms with Crippen molar-refractivity contribution >= 4 is 23.2 Å². The van der Waals surface area contributed by atoms with Gasteiger partial charge in [0.15, 0.2) is 0 Å². The van der Waals surface area contributed by atoms with E-state index in [0.29, 0.717) is 10.0 Å². The first-order chi connectivity index (χ1) is 9.08. The van der Waals surface area contributed by atoms with Gasteiger partial charge in [0.1, 0.15) is 0 Å². The third-order valence-corrected chi connectivity index (χ3v) is 3.87. The number of rotatable bonds is 4. The number of benzene rings is 1. The van der Waals surface area contributed by atoms with Gasteiger partial charge in [0.25, 0.3) is 0 Å². The van der Waals surface area contributed by atoms with Crippen LogP contribution in [0, 0.1) is 0 Å². The highest BCUT2D eigenvalue weighted by molar-refractivity contribution is 6.42. The molecular formula is C15H16Cl2N2. The first-order valence-electron chi connectivity index (χ1n) is 6.19. The summed E-state index contributed by atoms with van der Waals surface area (Å²) in [6.07, 6.45) is 3.65. The predicted molar refractivity (Wildman–Crippen MR) is 80.7 cm³/mol. The molecule has 0 saturated heterocycles. The summed E-state index contributed by atoms with van der Waals surface area (Å²) in [7, 11) is 0. The molecule has 2 atom stereocenters. The molecule has 0 radical (unpaired) electrons. The van der Waals surface area contributed by atoms with Gasteiger partial charge >= 0.3 is 0 Å². The summed E-state index contributed by atoms with van der Waals surface area (Å²) in [6, 6.07) is 10.1. The average molecular weight is 295 g/mol. The van der Waals surface area contributed by atoms with E-state index < -0.39 is 0 Å². The van der Waals surface area contributed by atoms with Gasteiger partial charge in [-0.05, 0) is 43.2 Å². The van der Waals surface area contributed by atoms with Crippen LogP contribution in [0.25, 0.3) is 0 Å².